The molecule has 9 heavy (non-hydrogen) atoms. The first kappa shape index (κ1) is 8.50. The first-order valence-corrected chi connectivity index (χ1v) is 3.10. The van der Waals surface area contributed by atoms with Crippen LogP contribution < -0.4 is 0 Å². The average molecular weight is 130 g/mol. The summed E-state index contributed by atoms with van der Waals surface area (Å²) in [5.41, 5.74) is 0. The van der Waals surface area contributed by atoms with E-state index < -0.39 is 0 Å². The van der Waals surface area contributed by atoms with Crippen LogP contribution in [0.25, 0.3) is 0 Å². The van der Waals surface area contributed by atoms with Crippen LogP contribution in [0.2, 0.25) is 0 Å². The number of methoxy groups -OCH3 is 1. The lowest BCUT2D eigenvalue weighted by Crippen LogP contribution is -2.14. The summed E-state index contributed by atoms with van der Waals surface area (Å²) in [6.45, 7) is 6.09. The number of ether oxygens (including phenoxy) is 2. The highest BCUT2D eigenvalue weighted by atomic mass is 16.5. The van der Waals surface area contributed by atoms with Crippen molar-refractivity contribution in [3.8, 4) is 0 Å². The van der Waals surface area contributed by atoms with Crippen molar-refractivity contribution in [2.75, 3.05) is 13.7 Å². The molecule has 0 N–H and O–H groups in total. The molecule has 54 valence electrons. The van der Waals surface area contributed by atoms with Crippen LogP contribution in [0.15, 0.2) is 12.8 Å². The van der Waals surface area contributed by atoms with E-state index >= 15 is 0 Å². The Balaban J connectivity index is 3.19. The first-order valence-electron chi connectivity index (χ1n) is 3.10. The third-order valence-electron chi connectivity index (χ3n) is 1.19. The van der Waals surface area contributed by atoms with Gasteiger partial charge in [-0.2, -0.15) is 0 Å². The fourth-order valence-corrected chi connectivity index (χ4v) is 0.528. The number of rotatable bonds is 5. The Morgan fingerprint density at radius 3 is 2.67 bits per heavy atom. The summed E-state index contributed by atoms with van der Waals surface area (Å²) in [5.74, 6) is 0. The lowest BCUT2D eigenvalue weighted by Gasteiger charge is -2.10. The highest BCUT2D eigenvalue weighted by Crippen LogP contribution is 1.95. The molecule has 0 radical (unpaired) electrons. The molecule has 0 heterocycles. The molecule has 0 saturated carbocycles. The molecule has 0 aromatic carbocycles. The van der Waals surface area contributed by atoms with Crippen molar-refractivity contribution in [1.29, 1.82) is 0 Å². The Kier molecular flexibility index (Phi) is 5.32. The van der Waals surface area contributed by atoms with E-state index in [-0.39, 0.29) is 6.10 Å². The Hall–Kier alpha value is -0.500. The molecular weight excluding hydrogens is 116 g/mol. The van der Waals surface area contributed by atoms with Gasteiger partial charge in [-0.1, -0.05) is 13.5 Å². The summed E-state index contributed by atoms with van der Waals surface area (Å²) >= 11 is 0. The van der Waals surface area contributed by atoms with Crippen molar-refractivity contribution >= 4 is 0 Å². The van der Waals surface area contributed by atoms with Crippen LogP contribution in [0.1, 0.15) is 13.3 Å². The van der Waals surface area contributed by atoms with Gasteiger partial charge in [0.05, 0.1) is 12.4 Å². The van der Waals surface area contributed by atoms with Crippen LogP contribution in [0.5, 0.6) is 0 Å². The molecule has 0 fully saturated rings. The molecule has 0 aliphatic carbocycles. The SMILES string of the molecule is C=COCC(CC)OC. The molecule has 0 aromatic rings. The normalized spacial score (nSPS) is 12.7. The Morgan fingerprint density at radius 1 is 1.67 bits per heavy atom. The summed E-state index contributed by atoms with van der Waals surface area (Å²) in [6, 6.07) is 0. The minimum absolute atomic E-state index is 0.211. The molecule has 0 spiro atoms. The minimum atomic E-state index is 0.211. The van der Waals surface area contributed by atoms with E-state index in [0.717, 1.165) is 6.42 Å². The molecule has 0 aromatic heterocycles. The highest BCUT2D eigenvalue weighted by molar-refractivity contribution is 4.56. The lowest BCUT2D eigenvalue weighted by molar-refractivity contribution is 0.0401. The molecule has 0 aliphatic heterocycles. The maximum Gasteiger partial charge on any atom is 0.113 e. The van der Waals surface area contributed by atoms with Crippen LogP contribution in [-0.4, -0.2) is 19.8 Å². The molecule has 0 saturated heterocycles. The average Bonchev–Trinajstić information content (AvgIpc) is 1.91. The van der Waals surface area contributed by atoms with Gasteiger partial charge >= 0.3 is 0 Å². The predicted molar refractivity (Wildman–Crippen MR) is 37.2 cm³/mol. The predicted octanol–water partition coefficient (Wildman–Crippen LogP) is 1.57. The van der Waals surface area contributed by atoms with Crippen molar-refractivity contribution in [2.24, 2.45) is 0 Å². The molecule has 0 bridgehead atoms. The van der Waals surface area contributed by atoms with Gasteiger partial charge in [-0.25, -0.2) is 0 Å². The van der Waals surface area contributed by atoms with E-state index in [1.54, 1.807) is 7.11 Å². The second kappa shape index (κ2) is 5.63. The van der Waals surface area contributed by atoms with Crippen LogP contribution in [-0.2, 0) is 9.47 Å². The molecule has 1 atom stereocenters. The van der Waals surface area contributed by atoms with Crippen molar-refractivity contribution in [1.82, 2.24) is 0 Å². The van der Waals surface area contributed by atoms with Gasteiger partial charge in [0, 0.05) is 7.11 Å². The third kappa shape index (κ3) is 4.03. The second-order valence-electron chi connectivity index (χ2n) is 1.77. The molecular formula is C7H14O2. The van der Waals surface area contributed by atoms with Crippen molar-refractivity contribution in [3.63, 3.8) is 0 Å². The zero-order valence-electron chi connectivity index (χ0n) is 6.09. The summed E-state index contributed by atoms with van der Waals surface area (Å²) in [4.78, 5) is 0. The van der Waals surface area contributed by atoms with E-state index in [1.807, 2.05) is 0 Å². The van der Waals surface area contributed by atoms with E-state index in [9.17, 15) is 0 Å². The van der Waals surface area contributed by atoms with Crippen LogP contribution in [0.4, 0.5) is 0 Å². The molecule has 1 unspecified atom stereocenters. The number of hydrogen-bond acceptors (Lipinski definition) is 2. The van der Waals surface area contributed by atoms with Gasteiger partial charge in [-0.05, 0) is 6.42 Å². The van der Waals surface area contributed by atoms with E-state index in [1.165, 1.54) is 6.26 Å². The van der Waals surface area contributed by atoms with E-state index in [4.69, 9.17) is 9.47 Å². The molecule has 0 aliphatic rings. The summed E-state index contributed by atoms with van der Waals surface area (Å²) in [5, 5.41) is 0. The van der Waals surface area contributed by atoms with Gasteiger partial charge in [0.2, 0.25) is 0 Å². The maximum absolute atomic E-state index is 5.03. The van der Waals surface area contributed by atoms with Crippen molar-refractivity contribution < 1.29 is 9.47 Å². The Labute approximate surface area is 56.5 Å². The zero-order chi connectivity index (χ0) is 7.11. The highest BCUT2D eigenvalue weighted by Gasteiger charge is 2.01. The van der Waals surface area contributed by atoms with Crippen LogP contribution in [0.3, 0.4) is 0 Å². The largest absolute Gasteiger partial charge is 0.499 e. The van der Waals surface area contributed by atoms with Gasteiger partial charge < -0.3 is 9.47 Å². The van der Waals surface area contributed by atoms with Gasteiger partial charge in [0.25, 0.3) is 0 Å². The van der Waals surface area contributed by atoms with Crippen molar-refractivity contribution in [2.45, 2.75) is 19.4 Å². The summed E-state index contributed by atoms with van der Waals surface area (Å²) < 4.78 is 9.95. The third-order valence-corrected chi connectivity index (χ3v) is 1.19. The van der Waals surface area contributed by atoms with Gasteiger partial charge in [0.1, 0.15) is 6.61 Å². The Bertz CT molecular complexity index is 67.3. The fraction of sp³-hybridized carbons (Fsp3) is 0.714. The number of hydrogen-bond donors (Lipinski definition) is 0. The maximum atomic E-state index is 5.03. The molecule has 2 heteroatoms. The summed E-state index contributed by atoms with van der Waals surface area (Å²) in [7, 11) is 1.68. The molecule has 0 rings (SSSR count). The monoisotopic (exact) mass is 130 g/mol. The van der Waals surface area contributed by atoms with E-state index in [2.05, 4.69) is 13.5 Å². The van der Waals surface area contributed by atoms with Crippen LogP contribution in [0, 0.1) is 0 Å². The van der Waals surface area contributed by atoms with Gasteiger partial charge in [-0.3, -0.25) is 0 Å². The van der Waals surface area contributed by atoms with Gasteiger partial charge in [-0.15, -0.1) is 0 Å². The fourth-order valence-electron chi connectivity index (χ4n) is 0.528. The standard InChI is InChI=1S/C7H14O2/c1-4-7(8-3)6-9-5-2/h5,7H,2,4,6H2,1,3H3. The van der Waals surface area contributed by atoms with Crippen LogP contribution >= 0.6 is 0 Å². The zero-order valence-corrected chi connectivity index (χ0v) is 6.09. The minimum Gasteiger partial charge on any atom is -0.499 e. The molecule has 2 nitrogen and oxygen atoms in total. The lowest BCUT2D eigenvalue weighted by atomic mass is 10.3. The first-order chi connectivity index (χ1) is 4.35. The molecule has 0 amide bonds. The Morgan fingerprint density at radius 2 is 2.33 bits per heavy atom. The second-order valence-corrected chi connectivity index (χ2v) is 1.77. The topological polar surface area (TPSA) is 18.5 Å². The van der Waals surface area contributed by atoms with E-state index in [0.29, 0.717) is 6.61 Å². The quantitative estimate of drug-likeness (QED) is 0.526. The summed E-state index contributed by atoms with van der Waals surface area (Å²) in [6.07, 6.45) is 2.62. The van der Waals surface area contributed by atoms with Crippen molar-refractivity contribution in [3.05, 3.63) is 12.8 Å². The van der Waals surface area contributed by atoms with Gasteiger partial charge in [0.15, 0.2) is 0 Å². The smallest absolute Gasteiger partial charge is 0.113 e.